The second-order valence-corrected chi connectivity index (χ2v) is 10.0. The number of halogens is 1. The van der Waals surface area contributed by atoms with Crippen LogP contribution in [0.3, 0.4) is 0 Å². The molecule has 0 radical (unpaired) electrons. The zero-order valence-corrected chi connectivity index (χ0v) is 24.5. The van der Waals surface area contributed by atoms with E-state index in [0.717, 1.165) is 33.3 Å². The summed E-state index contributed by atoms with van der Waals surface area (Å²) >= 11 is 3.51. The summed E-state index contributed by atoms with van der Waals surface area (Å²) in [4.78, 5) is 15.7. The largest absolute Gasteiger partial charge is 0.493 e. The molecule has 1 atom stereocenters. The molecule has 0 saturated carbocycles. The van der Waals surface area contributed by atoms with E-state index in [4.69, 9.17) is 28.8 Å². The minimum Gasteiger partial charge on any atom is -0.493 e. The van der Waals surface area contributed by atoms with Crippen molar-refractivity contribution < 1.29 is 28.5 Å². The minimum absolute atomic E-state index is 0.220. The predicted octanol–water partition coefficient (Wildman–Crippen LogP) is 5.47. The van der Waals surface area contributed by atoms with Gasteiger partial charge in [0, 0.05) is 16.6 Å². The molecular formula is C30H30BrN3O6. The summed E-state index contributed by atoms with van der Waals surface area (Å²) in [7, 11) is 7.90. The topological polar surface area (TPSA) is 82.1 Å². The number of fused-ring (bicyclic) bond motifs is 3. The number of ether oxygens (including phenoxy) is 5. The maximum atomic E-state index is 13.6. The van der Waals surface area contributed by atoms with E-state index in [9.17, 15) is 4.79 Å². The first-order valence-electron chi connectivity index (χ1n) is 12.6. The van der Waals surface area contributed by atoms with Crippen LogP contribution in [0.1, 0.15) is 22.9 Å². The Morgan fingerprint density at radius 3 is 2.10 bits per heavy atom. The quantitative estimate of drug-likeness (QED) is 0.296. The molecule has 0 fully saturated rings. The van der Waals surface area contributed by atoms with Crippen LogP contribution in [-0.2, 0) is 11.2 Å². The second kappa shape index (κ2) is 11.5. The summed E-state index contributed by atoms with van der Waals surface area (Å²) in [6, 6.07) is 15.4. The van der Waals surface area contributed by atoms with Crippen LogP contribution in [0.25, 0.3) is 6.08 Å². The van der Waals surface area contributed by atoms with E-state index in [1.807, 2.05) is 46.3 Å². The van der Waals surface area contributed by atoms with Gasteiger partial charge in [-0.25, -0.2) is 5.01 Å². The zero-order valence-electron chi connectivity index (χ0n) is 22.9. The van der Waals surface area contributed by atoms with Crippen molar-refractivity contribution in [2.75, 3.05) is 47.1 Å². The third kappa shape index (κ3) is 4.95. The lowest BCUT2D eigenvalue weighted by Gasteiger charge is -2.37. The number of carbonyl (C=O) groups is 1. The highest BCUT2D eigenvalue weighted by atomic mass is 79.9. The summed E-state index contributed by atoms with van der Waals surface area (Å²) in [5.74, 6) is 2.94. The van der Waals surface area contributed by atoms with Gasteiger partial charge in [0.15, 0.2) is 35.0 Å². The predicted molar refractivity (Wildman–Crippen MR) is 157 cm³/mol. The van der Waals surface area contributed by atoms with E-state index >= 15 is 0 Å². The molecule has 0 amide bonds. The molecule has 0 aromatic heterocycles. The molecule has 0 N–H and O–H groups in total. The van der Waals surface area contributed by atoms with Crippen LogP contribution >= 0.6 is 15.9 Å². The van der Waals surface area contributed by atoms with Crippen molar-refractivity contribution >= 4 is 39.3 Å². The highest BCUT2D eigenvalue weighted by Crippen LogP contribution is 2.44. The molecule has 0 saturated heterocycles. The van der Waals surface area contributed by atoms with Crippen LogP contribution in [0, 0.1) is 0 Å². The van der Waals surface area contributed by atoms with Gasteiger partial charge in [0.1, 0.15) is 0 Å². The van der Waals surface area contributed by atoms with Gasteiger partial charge in [0.05, 0.1) is 41.2 Å². The van der Waals surface area contributed by atoms with Crippen molar-refractivity contribution in [3.05, 3.63) is 75.8 Å². The summed E-state index contributed by atoms with van der Waals surface area (Å²) < 4.78 is 28.4. The number of ketones is 1. The number of nitrogens with zero attached hydrogens (tertiary/aromatic N) is 3. The van der Waals surface area contributed by atoms with Gasteiger partial charge >= 0.3 is 0 Å². The molecule has 1 unspecified atom stereocenters. The monoisotopic (exact) mass is 607 g/mol. The van der Waals surface area contributed by atoms with Crippen molar-refractivity contribution in [1.82, 2.24) is 4.90 Å². The van der Waals surface area contributed by atoms with Gasteiger partial charge in [0.25, 0.3) is 0 Å². The van der Waals surface area contributed by atoms with E-state index in [1.54, 1.807) is 53.8 Å². The molecule has 3 aromatic carbocycles. The fourth-order valence-corrected chi connectivity index (χ4v) is 5.32. The van der Waals surface area contributed by atoms with Crippen LogP contribution < -0.4 is 28.7 Å². The van der Waals surface area contributed by atoms with Crippen LogP contribution in [-0.4, -0.2) is 58.6 Å². The van der Waals surface area contributed by atoms with Crippen LogP contribution in [0.4, 0.5) is 5.69 Å². The van der Waals surface area contributed by atoms with Gasteiger partial charge in [-0.1, -0.05) is 22.0 Å². The first kappa shape index (κ1) is 27.4. The molecule has 2 heterocycles. The van der Waals surface area contributed by atoms with Crippen molar-refractivity contribution in [3.8, 4) is 28.7 Å². The fraction of sp³-hybridized carbons (Fsp3) is 0.267. The lowest BCUT2D eigenvalue weighted by molar-refractivity contribution is -0.109. The van der Waals surface area contributed by atoms with Crippen molar-refractivity contribution in [2.45, 2.75) is 12.6 Å². The Kier molecular flexibility index (Phi) is 7.88. The second-order valence-electron chi connectivity index (χ2n) is 9.12. The molecule has 208 valence electrons. The average molecular weight is 608 g/mol. The molecular weight excluding hydrogens is 578 g/mol. The van der Waals surface area contributed by atoms with Gasteiger partial charge in [-0.3, -0.25) is 4.79 Å². The number of anilines is 1. The van der Waals surface area contributed by atoms with Crippen LogP contribution in [0.15, 0.2) is 64.2 Å². The molecule has 2 aliphatic rings. The van der Waals surface area contributed by atoms with Gasteiger partial charge in [0.2, 0.25) is 11.5 Å². The molecule has 0 aliphatic carbocycles. The van der Waals surface area contributed by atoms with Crippen LogP contribution in [0.2, 0.25) is 0 Å². The SMILES string of the molecule is COc1cc2c(cc1OC)C1N(CC2)C(C(=O)/C=C/c2cc(OC)c(OC)c(OC)c2)=NN1c1ccc(Br)cc1. The first-order valence-corrected chi connectivity index (χ1v) is 13.4. The van der Waals surface area contributed by atoms with Gasteiger partial charge in [-0.05, 0) is 72.2 Å². The number of benzene rings is 3. The van der Waals surface area contributed by atoms with Crippen molar-refractivity contribution in [2.24, 2.45) is 5.10 Å². The number of hydrogen-bond acceptors (Lipinski definition) is 9. The number of amidine groups is 1. The Morgan fingerprint density at radius 2 is 1.50 bits per heavy atom. The molecule has 0 bridgehead atoms. The molecule has 10 heteroatoms. The van der Waals surface area contributed by atoms with Crippen LogP contribution in [0.5, 0.6) is 28.7 Å². The molecule has 0 spiro atoms. The van der Waals surface area contributed by atoms with Gasteiger partial charge in [-0.2, -0.15) is 0 Å². The summed E-state index contributed by atoms with van der Waals surface area (Å²) in [6.45, 7) is 0.614. The summed E-state index contributed by atoms with van der Waals surface area (Å²) in [6.07, 6.45) is 3.64. The maximum Gasteiger partial charge on any atom is 0.222 e. The van der Waals surface area contributed by atoms with Gasteiger partial charge in [-0.15, -0.1) is 5.10 Å². The smallest absolute Gasteiger partial charge is 0.222 e. The Bertz CT molecular complexity index is 1460. The van der Waals surface area contributed by atoms with E-state index in [-0.39, 0.29) is 11.9 Å². The third-order valence-corrected chi connectivity index (χ3v) is 7.50. The fourth-order valence-electron chi connectivity index (χ4n) is 5.05. The molecule has 3 aromatic rings. The number of hydrogen-bond donors (Lipinski definition) is 0. The Labute approximate surface area is 241 Å². The van der Waals surface area contributed by atoms with Crippen molar-refractivity contribution in [3.63, 3.8) is 0 Å². The summed E-state index contributed by atoms with van der Waals surface area (Å²) in [5.41, 5.74) is 3.71. The zero-order chi connectivity index (χ0) is 28.4. The Balaban J connectivity index is 1.53. The standard InChI is InChI=1S/C30H30BrN3O6/c1-36-24-16-19-12-13-33-29(23(35)11-6-18-14-26(38-3)28(40-5)27(15-18)39-4)32-34(21-9-7-20(31)8-10-21)30(33)22(19)17-25(24)37-2/h6-11,14-17,30H,12-13H2,1-5H3/b11-6+. The third-order valence-electron chi connectivity index (χ3n) is 6.97. The molecule has 9 nitrogen and oxygen atoms in total. The normalized spacial score (nSPS) is 15.8. The lowest BCUT2D eigenvalue weighted by Crippen LogP contribution is -2.42. The highest BCUT2D eigenvalue weighted by Gasteiger charge is 2.42. The van der Waals surface area contributed by atoms with E-state index in [1.165, 1.54) is 6.08 Å². The Morgan fingerprint density at radius 1 is 0.875 bits per heavy atom. The van der Waals surface area contributed by atoms with E-state index in [2.05, 4.69) is 15.9 Å². The first-order chi connectivity index (χ1) is 19.4. The van der Waals surface area contributed by atoms with E-state index in [0.29, 0.717) is 41.1 Å². The highest BCUT2D eigenvalue weighted by molar-refractivity contribution is 9.10. The minimum atomic E-state index is -0.321. The maximum absolute atomic E-state index is 13.6. The summed E-state index contributed by atoms with van der Waals surface area (Å²) in [5, 5.41) is 6.74. The number of methoxy groups -OCH3 is 5. The van der Waals surface area contributed by atoms with Crippen molar-refractivity contribution in [1.29, 1.82) is 0 Å². The molecule has 2 aliphatic heterocycles. The number of rotatable bonds is 9. The molecule has 40 heavy (non-hydrogen) atoms. The average Bonchev–Trinajstić information content (AvgIpc) is 3.39. The van der Waals surface area contributed by atoms with E-state index < -0.39 is 0 Å². The number of hydrazone groups is 1. The van der Waals surface area contributed by atoms with Gasteiger partial charge < -0.3 is 28.6 Å². The number of carbonyl (C=O) groups excluding carboxylic acids is 1. The lowest BCUT2D eigenvalue weighted by atomic mass is 9.95. The molecule has 5 rings (SSSR count). The Hall–Kier alpha value is -4.18.